The van der Waals surface area contributed by atoms with E-state index in [0.29, 0.717) is 17.2 Å². The van der Waals surface area contributed by atoms with Crippen LogP contribution in [-0.2, 0) is 0 Å². The second kappa shape index (κ2) is 6.42. The minimum atomic E-state index is -0.516. The molecule has 3 N–H and O–H groups in total. The van der Waals surface area contributed by atoms with Crippen molar-refractivity contribution >= 4 is 17.5 Å². The van der Waals surface area contributed by atoms with Gasteiger partial charge in [-0.15, -0.1) is 0 Å². The predicted molar refractivity (Wildman–Crippen MR) is 77.0 cm³/mol. The van der Waals surface area contributed by atoms with Crippen LogP contribution in [0.4, 0.5) is 16.3 Å². The molecule has 1 aromatic carbocycles. The van der Waals surface area contributed by atoms with Crippen LogP contribution in [0.5, 0.6) is 11.5 Å². The molecule has 0 saturated carbocycles. The van der Waals surface area contributed by atoms with Crippen LogP contribution >= 0.6 is 0 Å². The van der Waals surface area contributed by atoms with Crippen molar-refractivity contribution in [2.45, 2.75) is 0 Å². The Hall–Kier alpha value is -3.03. The van der Waals surface area contributed by atoms with Gasteiger partial charge in [0.25, 0.3) is 5.56 Å². The summed E-state index contributed by atoms with van der Waals surface area (Å²) >= 11 is 0. The van der Waals surface area contributed by atoms with E-state index < -0.39 is 6.03 Å². The number of carbonyl (C=O) groups is 1. The van der Waals surface area contributed by atoms with Crippen LogP contribution in [0.2, 0.25) is 0 Å². The van der Waals surface area contributed by atoms with Gasteiger partial charge in [0.05, 0.1) is 19.9 Å². The number of urea groups is 1. The molecule has 0 aliphatic carbocycles. The quantitative estimate of drug-likeness (QED) is 0.790. The van der Waals surface area contributed by atoms with E-state index in [2.05, 4.69) is 20.8 Å². The fourth-order valence-electron chi connectivity index (χ4n) is 1.59. The number of carbonyl (C=O) groups excluding carboxylic acids is 1. The topological polar surface area (TPSA) is 105 Å². The van der Waals surface area contributed by atoms with Gasteiger partial charge in [0, 0.05) is 12.1 Å². The van der Waals surface area contributed by atoms with Crippen molar-refractivity contribution in [1.82, 2.24) is 10.2 Å². The fourth-order valence-corrected chi connectivity index (χ4v) is 1.59. The Bertz CT molecular complexity index is 678. The highest BCUT2D eigenvalue weighted by atomic mass is 16.5. The zero-order chi connectivity index (χ0) is 15.2. The average Bonchev–Trinajstić information content (AvgIpc) is 2.50. The number of anilines is 2. The third kappa shape index (κ3) is 3.72. The Morgan fingerprint density at radius 3 is 2.57 bits per heavy atom. The lowest BCUT2D eigenvalue weighted by Crippen LogP contribution is -2.21. The monoisotopic (exact) mass is 290 g/mol. The molecule has 0 fully saturated rings. The first-order valence-corrected chi connectivity index (χ1v) is 5.98. The number of nitrogens with zero attached hydrogens (tertiary/aromatic N) is 1. The van der Waals surface area contributed by atoms with Crippen LogP contribution in [0, 0.1) is 0 Å². The summed E-state index contributed by atoms with van der Waals surface area (Å²) in [5.41, 5.74) is 0.123. The Balaban J connectivity index is 2.08. The van der Waals surface area contributed by atoms with Gasteiger partial charge < -0.3 is 14.8 Å². The summed E-state index contributed by atoms with van der Waals surface area (Å²) in [6.45, 7) is 0. The summed E-state index contributed by atoms with van der Waals surface area (Å²) in [5.74, 6) is 1.29. The van der Waals surface area contributed by atoms with E-state index in [1.165, 1.54) is 26.4 Å². The predicted octanol–water partition coefficient (Wildman–Crippen LogP) is 1.43. The number of ether oxygens (including phenoxy) is 2. The molecule has 1 aromatic heterocycles. The lowest BCUT2D eigenvalue weighted by Gasteiger charge is -2.11. The smallest absolute Gasteiger partial charge is 0.325 e. The number of nitrogens with one attached hydrogen (secondary N) is 3. The number of benzene rings is 1. The van der Waals surface area contributed by atoms with Gasteiger partial charge in [-0.25, -0.2) is 9.89 Å². The number of H-pyrrole nitrogens is 1. The molecular formula is C13H14N4O4. The van der Waals surface area contributed by atoms with Crippen LogP contribution in [0.1, 0.15) is 0 Å². The standard InChI is InChI=1S/C13H14N4O4/c1-20-8-3-4-9(10(7-8)21-2)14-13(19)15-11-5-6-12(18)17-16-11/h3-7H,1-2H3,(H,17,18)(H2,14,15,16,19). The molecule has 21 heavy (non-hydrogen) atoms. The number of aromatic amines is 1. The van der Waals surface area contributed by atoms with E-state index in [9.17, 15) is 9.59 Å². The van der Waals surface area contributed by atoms with E-state index >= 15 is 0 Å². The van der Waals surface area contributed by atoms with Crippen LogP contribution in [0.15, 0.2) is 35.1 Å². The van der Waals surface area contributed by atoms with Crippen molar-refractivity contribution in [3.05, 3.63) is 40.7 Å². The summed E-state index contributed by atoms with van der Waals surface area (Å²) in [6.07, 6.45) is 0. The highest BCUT2D eigenvalue weighted by molar-refractivity contribution is 6.00. The molecule has 2 aromatic rings. The van der Waals surface area contributed by atoms with Crippen LogP contribution in [0.3, 0.4) is 0 Å². The molecule has 0 saturated heterocycles. The number of methoxy groups -OCH3 is 2. The molecule has 8 nitrogen and oxygen atoms in total. The minimum Gasteiger partial charge on any atom is -0.497 e. The van der Waals surface area contributed by atoms with Crippen molar-refractivity contribution < 1.29 is 14.3 Å². The summed E-state index contributed by atoms with van der Waals surface area (Å²) in [7, 11) is 3.03. The van der Waals surface area contributed by atoms with Crippen molar-refractivity contribution in [2.24, 2.45) is 0 Å². The van der Waals surface area contributed by atoms with Crippen LogP contribution in [-0.4, -0.2) is 30.4 Å². The Labute approximate surface area is 120 Å². The van der Waals surface area contributed by atoms with Gasteiger partial charge in [0.1, 0.15) is 11.5 Å². The average molecular weight is 290 g/mol. The van der Waals surface area contributed by atoms with Gasteiger partial charge in [0.15, 0.2) is 5.82 Å². The SMILES string of the molecule is COc1ccc(NC(=O)Nc2ccc(=O)[nH]n2)c(OC)c1. The van der Waals surface area contributed by atoms with Gasteiger partial charge in [-0.1, -0.05) is 0 Å². The molecular weight excluding hydrogens is 276 g/mol. The summed E-state index contributed by atoms with van der Waals surface area (Å²) in [6, 6.07) is 7.13. The molecule has 0 aliphatic rings. The van der Waals surface area contributed by atoms with Gasteiger partial charge in [-0.2, -0.15) is 5.10 Å². The molecule has 8 heteroatoms. The van der Waals surface area contributed by atoms with E-state index in [1.807, 2.05) is 0 Å². The van der Waals surface area contributed by atoms with Gasteiger partial charge in [-0.05, 0) is 18.2 Å². The molecule has 0 bridgehead atoms. The van der Waals surface area contributed by atoms with E-state index in [4.69, 9.17) is 9.47 Å². The molecule has 1 heterocycles. The highest BCUT2D eigenvalue weighted by Gasteiger charge is 2.09. The first-order chi connectivity index (χ1) is 10.1. The molecule has 110 valence electrons. The maximum atomic E-state index is 11.8. The molecule has 0 radical (unpaired) electrons. The minimum absolute atomic E-state index is 0.222. The maximum absolute atomic E-state index is 11.8. The first-order valence-electron chi connectivity index (χ1n) is 5.98. The lowest BCUT2D eigenvalue weighted by molar-refractivity contribution is 0.262. The van der Waals surface area contributed by atoms with Gasteiger partial charge >= 0.3 is 6.03 Å². The highest BCUT2D eigenvalue weighted by Crippen LogP contribution is 2.28. The largest absolute Gasteiger partial charge is 0.497 e. The molecule has 0 unspecified atom stereocenters. The van der Waals surface area contributed by atoms with Crippen LogP contribution < -0.4 is 25.7 Å². The van der Waals surface area contributed by atoms with E-state index in [1.54, 1.807) is 18.2 Å². The number of aromatic nitrogens is 2. The first kappa shape index (κ1) is 14.4. The Morgan fingerprint density at radius 1 is 1.14 bits per heavy atom. The van der Waals surface area contributed by atoms with Crippen molar-refractivity contribution in [3.63, 3.8) is 0 Å². The maximum Gasteiger partial charge on any atom is 0.325 e. The molecule has 0 atom stereocenters. The van der Waals surface area contributed by atoms with Crippen molar-refractivity contribution in [1.29, 1.82) is 0 Å². The summed E-state index contributed by atoms with van der Waals surface area (Å²) in [5, 5.41) is 11.0. The molecule has 2 rings (SSSR count). The number of hydrogen-bond donors (Lipinski definition) is 3. The van der Waals surface area contributed by atoms with Gasteiger partial charge in [0.2, 0.25) is 0 Å². The number of hydrogen-bond acceptors (Lipinski definition) is 5. The zero-order valence-electron chi connectivity index (χ0n) is 11.5. The summed E-state index contributed by atoms with van der Waals surface area (Å²) < 4.78 is 10.2. The molecule has 0 aliphatic heterocycles. The van der Waals surface area contributed by atoms with Gasteiger partial charge in [-0.3, -0.25) is 10.1 Å². The van der Waals surface area contributed by atoms with Crippen LogP contribution in [0.25, 0.3) is 0 Å². The fraction of sp³-hybridized carbons (Fsp3) is 0.154. The van der Waals surface area contributed by atoms with Crippen molar-refractivity contribution in [2.75, 3.05) is 24.9 Å². The zero-order valence-corrected chi connectivity index (χ0v) is 11.5. The molecule has 2 amide bonds. The lowest BCUT2D eigenvalue weighted by atomic mass is 10.2. The second-order valence-electron chi connectivity index (χ2n) is 3.95. The second-order valence-corrected chi connectivity index (χ2v) is 3.95. The Morgan fingerprint density at radius 2 is 1.95 bits per heavy atom. The summed E-state index contributed by atoms with van der Waals surface area (Å²) in [4.78, 5) is 22.7. The molecule has 0 spiro atoms. The normalized spacial score (nSPS) is 9.81. The van der Waals surface area contributed by atoms with Crippen molar-refractivity contribution in [3.8, 4) is 11.5 Å². The van der Waals surface area contributed by atoms with E-state index in [-0.39, 0.29) is 11.4 Å². The third-order valence-electron chi connectivity index (χ3n) is 2.58. The van der Waals surface area contributed by atoms with E-state index in [0.717, 1.165) is 0 Å². The number of rotatable bonds is 4. The third-order valence-corrected chi connectivity index (χ3v) is 2.58. The number of amides is 2. The Kier molecular flexibility index (Phi) is 4.39.